The van der Waals surface area contributed by atoms with E-state index in [0.29, 0.717) is 25.2 Å². The zero-order chi connectivity index (χ0) is 25.6. The lowest BCUT2D eigenvalue weighted by molar-refractivity contribution is -0.0884. The fourth-order valence-electron chi connectivity index (χ4n) is 4.66. The molecule has 1 aromatic rings. The number of nitrogens with one attached hydrogen (secondary N) is 1. The molecule has 2 aliphatic heterocycles. The molecule has 0 bridgehead atoms. The highest BCUT2D eigenvalue weighted by Crippen LogP contribution is 2.35. The Kier molecular flexibility index (Phi) is 8.84. The minimum absolute atomic E-state index is 0.0681. The SMILES string of the molecule is C\C=C/C(=C\C(=C\CC)C(F)(F)F)C(/C=C1/C(NC2(c3ccccc3)COC2)CCN1C)=C(C)C. The van der Waals surface area contributed by atoms with Crippen LogP contribution >= 0.6 is 0 Å². The zero-order valence-corrected chi connectivity index (χ0v) is 21.4. The third-order valence-corrected chi connectivity index (χ3v) is 6.58. The van der Waals surface area contributed by atoms with Gasteiger partial charge in [0.05, 0.1) is 24.3 Å². The summed E-state index contributed by atoms with van der Waals surface area (Å²) in [5.74, 6) is 0. The Balaban J connectivity index is 2.01. The van der Waals surface area contributed by atoms with Crippen LogP contribution in [0.25, 0.3) is 0 Å². The summed E-state index contributed by atoms with van der Waals surface area (Å²) in [7, 11) is 2.04. The van der Waals surface area contributed by atoms with E-state index in [1.54, 1.807) is 19.1 Å². The third-order valence-electron chi connectivity index (χ3n) is 6.58. The molecule has 0 aromatic heterocycles. The number of likely N-dealkylation sites (N-methyl/N-ethyl adjacent to an activating group) is 1. The predicted octanol–water partition coefficient (Wildman–Crippen LogP) is 6.83. The molecule has 2 aliphatic rings. The summed E-state index contributed by atoms with van der Waals surface area (Å²) >= 11 is 0. The lowest BCUT2D eigenvalue weighted by Gasteiger charge is -2.45. The molecule has 6 heteroatoms. The number of nitrogens with zero attached hydrogens (tertiary/aromatic N) is 1. The van der Waals surface area contributed by atoms with Crippen molar-refractivity contribution in [2.75, 3.05) is 26.8 Å². The number of hydrogen-bond acceptors (Lipinski definition) is 3. The number of likely N-dealkylation sites (tertiary alicyclic amines) is 1. The number of hydrogen-bond donors (Lipinski definition) is 1. The van der Waals surface area contributed by atoms with Gasteiger partial charge in [-0.2, -0.15) is 13.2 Å². The van der Waals surface area contributed by atoms with Gasteiger partial charge < -0.3 is 9.64 Å². The first kappa shape index (κ1) is 27.0. The van der Waals surface area contributed by atoms with Crippen LogP contribution < -0.4 is 5.32 Å². The molecular weight excluding hydrogens is 449 g/mol. The van der Waals surface area contributed by atoms with Crippen molar-refractivity contribution >= 4 is 0 Å². The van der Waals surface area contributed by atoms with Gasteiger partial charge >= 0.3 is 6.18 Å². The van der Waals surface area contributed by atoms with Crippen molar-refractivity contribution in [3.05, 3.63) is 94.3 Å². The molecule has 0 saturated carbocycles. The van der Waals surface area contributed by atoms with E-state index >= 15 is 0 Å². The summed E-state index contributed by atoms with van der Waals surface area (Å²) in [5.41, 5.74) is 3.72. The van der Waals surface area contributed by atoms with Crippen molar-refractivity contribution in [2.45, 2.75) is 58.3 Å². The van der Waals surface area contributed by atoms with Gasteiger partial charge in [0.25, 0.3) is 0 Å². The van der Waals surface area contributed by atoms with Gasteiger partial charge in [0, 0.05) is 25.3 Å². The van der Waals surface area contributed by atoms with Gasteiger partial charge in [-0.05, 0) is 62.5 Å². The van der Waals surface area contributed by atoms with Crippen LogP contribution in [-0.4, -0.2) is 43.9 Å². The molecule has 0 amide bonds. The first-order valence-corrected chi connectivity index (χ1v) is 12.2. The molecule has 35 heavy (non-hydrogen) atoms. The molecule has 2 fully saturated rings. The molecule has 1 N–H and O–H groups in total. The van der Waals surface area contributed by atoms with Gasteiger partial charge in [0.15, 0.2) is 0 Å². The molecule has 3 nitrogen and oxygen atoms in total. The van der Waals surface area contributed by atoms with Gasteiger partial charge in [-0.3, -0.25) is 5.32 Å². The van der Waals surface area contributed by atoms with Crippen molar-refractivity contribution in [3.63, 3.8) is 0 Å². The Morgan fingerprint density at radius 3 is 2.40 bits per heavy atom. The van der Waals surface area contributed by atoms with Crippen LogP contribution in [0.1, 0.15) is 46.1 Å². The maximum absolute atomic E-state index is 13.7. The third kappa shape index (κ3) is 6.36. The molecule has 2 heterocycles. The molecule has 1 aromatic carbocycles. The van der Waals surface area contributed by atoms with Crippen molar-refractivity contribution < 1.29 is 17.9 Å². The van der Waals surface area contributed by atoms with Crippen LogP contribution in [0.15, 0.2) is 88.7 Å². The fourth-order valence-corrected chi connectivity index (χ4v) is 4.66. The summed E-state index contributed by atoms with van der Waals surface area (Å²) in [6.45, 7) is 9.51. The van der Waals surface area contributed by atoms with E-state index in [0.717, 1.165) is 29.8 Å². The first-order valence-electron chi connectivity index (χ1n) is 12.2. The molecule has 0 spiro atoms. The van der Waals surface area contributed by atoms with Gasteiger partial charge in [0.1, 0.15) is 0 Å². The molecule has 3 rings (SSSR count). The summed E-state index contributed by atoms with van der Waals surface area (Å²) in [6.07, 6.45) is 4.95. The van der Waals surface area contributed by atoms with Crippen LogP contribution in [0.3, 0.4) is 0 Å². The molecule has 0 radical (unpaired) electrons. The Morgan fingerprint density at radius 1 is 1.20 bits per heavy atom. The summed E-state index contributed by atoms with van der Waals surface area (Å²) in [5, 5.41) is 3.84. The monoisotopic (exact) mass is 486 g/mol. The maximum Gasteiger partial charge on any atom is 0.416 e. The van der Waals surface area contributed by atoms with Gasteiger partial charge in [-0.15, -0.1) is 0 Å². The minimum atomic E-state index is -4.40. The second kappa shape index (κ2) is 11.4. The van der Waals surface area contributed by atoms with Crippen molar-refractivity contribution in [3.8, 4) is 0 Å². The highest BCUT2D eigenvalue weighted by Gasteiger charge is 2.43. The average molecular weight is 487 g/mol. The van der Waals surface area contributed by atoms with Crippen LogP contribution in [0, 0.1) is 0 Å². The van der Waals surface area contributed by atoms with Crippen LogP contribution in [-0.2, 0) is 10.3 Å². The first-order chi connectivity index (χ1) is 16.6. The molecular formula is C29H37F3N2O. The van der Waals surface area contributed by atoms with E-state index < -0.39 is 11.7 Å². The van der Waals surface area contributed by atoms with Crippen LogP contribution in [0.2, 0.25) is 0 Å². The predicted molar refractivity (Wildman–Crippen MR) is 137 cm³/mol. The molecule has 0 aliphatic carbocycles. The highest BCUT2D eigenvalue weighted by molar-refractivity contribution is 5.53. The fraction of sp³-hybridized carbons (Fsp3) is 0.448. The summed E-state index contributed by atoms with van der Waals surface area (Å²) in [4.78, 5) is 2.19. The Labute approximate surface area is 207 Å². The largest absolute Gasteiger partial charge is 0.416 e. The molecule has 1 unspecified atom stereocenters. The number of benzene rings is 1. The Hall–Kier alpha value is -2.57. The number of halogens is 3. The highest BCUT2D eigenvalue weighted by atomic mass is 19.4. The number of allylic oxidation sites excluding steroid dienone is 9. The minimum Gasteiger partial charge on any atom is -0.377 e. The van der Waals surface area contributed by atoms with E-state index in [1.165, 1.54) is 17.7 Å². The second-order valence-corrected chi connectivity index (χ2v) is 9.50. The molecule has 2 saturated heterocycles. The standard InChI is InChI=1S/C29H37F3N2O/c1-6-11-22(17-24(12-7-2)29(30,31)32)25(21(3)4)18-27-26(15-16-34(27)5)33-28(19-35-20-28)23-13-9-8-10-14-23/h6,8-14,17-18,26,33H,7,15-16,19-20H2,1-5H3/b11-6-,22-17+,24-12-,27-18-. The maximum atomic E-state index is 13.7. The van der Waals surface area contributed by atoms with E-state index in [1.807, 2.05) is 46.0 Å². The van der Waals surface area contributed by atoms with Gasteiger partial charge in [-0.25, -0.2) is 0 Å². The van der Waals surface area contributed by atoms with Crippen LogP contribution in [0.5, 0.6) is 0 Å². The average Bonchev–Trinajstić information content (AvgIpc) is 3.12. The summed E-state index contributed by atoms with van der Waals surface area (Å²) < 4.78 is 46.7. The molecule has 190 valence electrons. The van der Waals surface area contributed by atoms with Crippen molar-refractivity contribution in [2.24, 2.45) is 0 Å². The molecule has 1 atom stereocenters. The van der Waals surface area contributed by atoms with Gasteiger partial charge in [-0.1, -0.05) is 61.1 Å². The Bertz CT molecular complexity index is 1020. The topological polar surface area (TPSA) is 24.5 Å². The van der Waals surface area contributed by atoms with E-state index in [2.05, 4.69) is 28.4 Å². The van der Waals surface area contributed by atoms with E-state index in [-0.39, 0.29) is 11.6 Å². The smallest absolute Gasteiger partial charge is 0.377 e. The number of ether oxygens (including phenoxy) is 1. The zero-order valence-electron chi connectivity index (χ0n) is 21.4. The number of rotatable bonds is 8. The normalized spacial score (nSPS) is 22.1. The number of alkyl halides is 3. The second-order valence-electron chi connectivity index (χ2n) is 9.50. The quantitative estimate of drug-likeness (QED) is 0.408. The van der Waals surface area contributed by atoms with Crippen molar-refractivity contribution in [1.82, 2.24) is 10.2 Å². The summed E-state index contributed by atoms with van der Waals surface area (Å²) in [6, 6.07) is 10.4. The lowest BCUT2D eigenvalue weighted by atomic mass is 9.86. The van der Waals surface area contributed by atoms with Crippen molar-refractivity contribution in [1.29, 1.82) is 0 Å². The van der Waals surface area contributed by atoms with Crippen LogP contribution in [0.4, 0.5) is 13.2 Å². The Morgan fingerprint density at radius 2 is 1.89 bits per heavy atom. The lowest BCUT2D eigenvalue weighted by Crippen LogP contribution is -2.60. The van der Waals surface area contributed by atoms with E-state index in [9.17, 15) is 13.2 Å². The van der Waals surface area contributed by atoms with E-state index in [4.69, 9.17) is 4.74 Å². The van der Waals surface area contributed by atoms with Gasteiger partial charge in [0.2, 0.25) is 0 Å².